The number of carbonyl (C=O) groups is 1. The first-order valence-corrected chi connectivity index (χ1v) is 7.26. The van der Waals surface area contributed by atoms with Gasteiger partial charge in [-0.2, -0.15) is 42.5 Å². The van der Waals surface area contributed by atoms with Crippen LogP contribution in [0.4, 0.5) is 16.2 Å². The Balaban J connectivity index is 0.000000344. The predicted octanol–water partition coefficient (Wildman–Crippen LogP) is 5.22. The molecule has 3 aromatic carbocycles. The van der Waals surface area contributed by atoms with E-state index in [4.69, 9.17) is 0 Å². The van der Waals surface area contributed by atoms with E-state index in [1.165, 1.54) is 0 Å². The van der Waals surface area contributed by atoms with E-state index < -0.39 is 0 Å². The predicted molar refractivity (Wildman–Crippen MR) is 90.9 cm³/mol. The van der Waals surface area contributed by atoms with Crippen LogP contribution in [-0.2, 0) is 17.1 Å². The van der Waals surface area contributed by atoms with Crippen molar-refractivity contribution in [3.05, 3.63) is 83.3 Å². The third kappa shape index (κ3) is 6.31. The van der Waals surface area contributed by atoms with E-state index in [1.807, 2.05) is 78.9 Å². The summed E-state index contributed by atoms with van der Waals surface area (Å²) in [5.74, 6) is 0. The van der Waals surface area contributed by atoms with Crippen molar-refractivity contribution in [1.82, 2.24) is 0 Å². The van der Waals surface area contributed by atoms with Crippen LogP contribution >= 0.6 is 15.9 Å². The first-order chi connectivity index (χ1) is 10.3. The summed E-state index contributed by atoms with van der Waals surface area (Å²) >= 11 is 3.36. The smallest absolute Gasteiger partial charge is 0.371 e. The second-order valence-corrected chi connectivity index (χ2v) is 5.05. The van der Waals surface area contributed by atoms with Crippen LogP contribution in [0.5, 0.6) is 0 Å². The van der Waals surface area contributed by atoms with Gasteiger partial charge in [0.05, 0.1) is 5.69 Å². The summed E-state index contributed by atoms with van der Waals surface area (Å²) in [7, 11) is 0. The summed E-state index contributed by atoms with van der Waals surface area (Å²) < 4.78 is 0.854. The fourth-order valence-corrected chi connectivity index (χ4v) is 2.01. The van der Waals surface area contributed by atoms with Gasteiger partial charge in [0, 0.05) is 4.47 Å². The number of halogens is 1. The maximum atomic E-state index is 11.6. The van der Waals surface area contributed by atoms with Crippen LogP contribution in [0.2, 0.25) is 0 Å². The quantitative estimate of drug-likeness (QED) is 0.451. The summed E-state index contributed by atoms with van der Waals surface area (Å²) in [6.45, 7) is 0. The first-order valence-electron chi connectivity index (χ1n) is 6.46. The number of urea groups is 1. The summed E-state index contributed by atoms with van der Waals surface area (Å²) in [5, 5.41) is 5.48. The van der Waals surface area contributed by atoms with Crippen molar-refractivity contribution in [1.29, 1.82) is 0 Å². The van der Waals surface area contributed by atoms with Crippen LogP contribution in [0.1, 0.15) is 0 Å². The summed E-state index contributed by atoms with van der Waals surface area (Å²) in [5.41, 5.74) is 1.52. The number of nitrogens with one attached hydrogen (secondary N) is 2. The Hall–Kier alpha value is -1.81. The molecule has 114 valence electrons. The van der Waals surface area contributed by atoms with E-state index in [-0.39, 0.29) is 23.1 Å². The molecule has 22 heavy (non-hydrogen) atoms. The minimum Gasteiger partial charge on any atom is -0.371 e. The molecule has 0 spiro atoms. The van der Waals surface area contributed by atoms with Crippen molar-refractivity contribution in [2.45, 2.75) is 0 Å². The molecule has 0 heterocycles. The van der Waals surface area contributed by atoms with Crippen LogP contribution in [0.3, 0.4) is 0 Å². The standard InChI is InChI=1S/C12H10BrN2O.C5H5.Fe/c13-10-7-3-4-8-11(10)15-12(16)14-9-5-1-2-6-9;1-2-4-5-3-1;/h1-8H,(H2,14,15,16);1-5H;/q2*-1;+2. The molecule has 5 heteroatoms. The SMILES string of the molecule is O=C(Nc1cc[cH-]c1)Nc1ccccc1Br.[Fe+2].c1cc[cH-]c1. The number of hydrogen-bond donors (Lipinski definition) is 2. The van der Waals surface area contributed by atoms with Gasteiger partial charge >= 0.3 is 23.1 Å². The number of rotatable bonds is 2. The second-order valence-electron chi connectivity index (χ2n) is 4.19. The van der Waals surface area contributed by atoms with E-state index in [0.717, 1.165) is 15.8 Å². The summed E-state index contributed by atoms with van der Waals surface area (Å²) in [4.78, 5) is 11.6. The molecule has 0 bridgehead atoms. The maximum Gasteiger partial charge on any atom is 2.00 e. The molecule has 3 aromatic rings. The number of anilines is 2. The molecule has 0 atom stereocenters. The zero-order valence-electron chi connectivity index (χ0n) is 11.6. The number of amides is 2. The molecule has 3 nitrogen and oxygen atoms in total. The molecule has 0 fully saturated rings. The van der Waals surface area contributed by atoms with E-state index in [2.05, 4.69) is 26.6 Å². The molecular formula is C17H15BrFeN2O. The second kappa shape index (κ2) is 10.0. The summed E-state index contributed by atoms with van der Waals surface area (Å²) in [6.07, 6.45) is 0. The van der Waals surface area contributed by atoms with Crippen molar-refractivity contribution >= 4 is 33.3 Å². The minimum absolute atomic E-state index is 0. The Bertz CT molecular complexity index is 634. The van der Waals surface area contributed by atoms with Gasteiger partial charge in [-0.3, -0.25) is 0 Å². The molecular weight excluding hydrogens is 384 g/mol. The molecule has 0 aromatic heterocycles. The van der Waals surface area contributed by atoms with Gasteiger partial charge < -0.3 is 10.6 Å². The van der Waals surface area contributed by atoms with Gasteiger partial charge in [0.2, 0.25) is 0 Å². The third-order valence-electron chi connectivity index (χ3n) is 2.60. The monoisotopic (exact) mass is 398 g/mol. The van der Waals surface area contributed by atoms with Crippen LogP contribution < -0.4 is 10.6 Å². The first kappa shape index (κ1) is 18.2. The Morgan fingerprint density at radius 2 is 1.64 bits per heavy atom. The van der Waals surface area contributed by atoms with Crippen LogP contribution in [0.25, 0.3) is 0 Å². The number of hydrogen-bond acceptors (Lipinski definition) is 1. The Morgan fingerprint density at radius 1 is 0.909 bits per heavy atom. The molecule has 0 aliphatic carbocycles. The molecule has 0 saturated heterocycles. The maximum absolute atomic E-state index is 11.6. The molecule has 0 unspecified atom stereocenters. The van der Waals surface area contributed by atoms with Gasteiger partial charge in [-0.25, -0.2) is 16.9 Å². The van der Waals surface area contributed by atoms with Gasteiger partial charge in [-0.15, -0.1) is 5.69 Å². The molecule has 0 saturated carbocycles. The van der Waals surface area contributed by atoms with E-state index >= 15 is 0 Å². The zero-order valence-corrected chi connectivity index (χ0v) is 14.3. The molecule has 3 rings (SSSR count). The van der Waals surface area contributed by atoms with E-state index in [1.54, 1.807) is 0 Å². The van der Waals surface area contributed by atoms with E-state index in [9.17, 15) is 4.79 Å². The van der Waals surface area contributed by atoms with Crippen LogP contribution in [0, 0.1) is 0 Å². The van der Waals surface area contributed by atoms with Gasteiger partial charge in [-0.05, 0) is 28.1 Å². The number of carbonyl (C=O) groups excluding carboxylic acids is 1. The van der Waals surface area contributed by atoms with Gasteiger partial charge in [0.1, 0.15) is 0 Å². The van der Waals surface area contributed by atoms with Crippen LogP contribution in [-0.4, -0.2) is 6.03 Å². The number of benzene rings is 1. The summed E-state index contributed by atoms with van der Waals surface area (Å²) in [6, 6.07) is 24.6. The third-order valence-corrected chi connectivity index (χ3v) is 3.29. The van der Waals surface area contributed by atoms with Crippen molar-refractivity contribution in [2.75, 3.05) is 10.6 Å². The normalized spacial score (nSPS) is 8.95. The fraction of sp³-hybridized carbons (Fsp3) is 0. The molecule has 0 radical (unpaired) electrons. The molecule has 2 N–H and O–H groups in total. The van der Waals surface area contributed by atoms with Crippen molar-refractivity contribution in [3.8, 4) is 0 Å². The zero-order chi connectivity index (χ0) is 14.9. The van der Waals surface area contributed by atoms with Gasteiger partial charge in [0.15, 0.2) is 0 Å². The fourth-order valence-electron chi connectivity index (χ4n) is 1.63. The van der Waals surface area contributed by atoms with Crippen molar-refractivity contribution in [3.63, 3.8) is 0 Å². The average molecular weight is 399 g/mol. The van der Waals surface area contributed by atoms with Gasteiger partial charge in [-0.1, -0.05) is 12.1 Å². The van der Waals surface area contributed by atoms with Crippen molar-refractivity contribution < 1.29 is 21.9 Å². The largest absolute Gasteiger partial charge is 2.00 e. The minimum atomic E-state index is -0.252. The molecule has 2 amide bonds. The average Bonchev–Trinajstić information content (AvgIpc) is 3.16. The molecule has 0 aliphatic heterocycles. The van der Waals surface area contributed by atoms with E-state index in [0.29, 0.717) is 0 Å². The van der Waals surface area contributed by atoms with Crippen molar-refractivity contribution in [2.24, 2.45) is 0 Å². The Labute approximate surface area is 149 Å². The topological polar surface area (TPSA) is 41.1 Å². The van der Waals surface area contributed by atoms with Crippen LogP contribution in [0.15, 0.2) is 83.3 Å². The number of para-hydroxylation sites is 1. The van der Waals surface area contributed by atoms with Gasteiger partial charge in [0.25, 0.3) is 0 Å². The Kier molecular flexibility index (Phi) is 8.30. The Morgan fingerprint density at radius 3 is 2.18 bits per heavy atom. The molecule has 0 aliphatic rings.